The minimum Gasteiger partial charge on any atom is -0.328 e. The van der Waals surface area contributed by atoms with Crippen LogP contribution in [0.15, 0.2) is 22.7 Å². The summed E-state index contributed by atoms with van der Waals surface area (Å²) in [6.45, 7) is 3.80. The lowest BCUT2D eigenvalue weighted by molar-refractivity contribution is 0.323. The van der Waals surface area contributed by atoms with Gasteiger partial charge in [-0.2, -0.15) is 0 Å². The van der Waals surface area contributed by atoms with Gasteiger partial charge in [0.15, 0.2) is 0 Å². The molecule has 0 saturated carbocycles. The fourth-order valence-corrected chi connectivity index (χ4v) is 1.99. The van der Waals surface area contributed by atoms with Crippen LogP contribution in [0.4, 0.5) is 4.39 Å². The van der Waals surface area contributed by atoms with Crippen molar-refractivity contribution in [3.05, 3.63) is 34.1 Å². The molecule has 0 bridgehead atoms. The number of hydrogen-bond donors (Lipinski definition) is 1. The van der Waals surface area contributed by atoms with Crippen LogP contribution >= 0.6 is 15.9 Å². The normalized spacial score (nSPS) is 13.1. The van der Waals surface area contributed by atoms with Crippen LogP contribution in [0.2, 0.25) is 0 Å². The second-order valence-electron chi connectivity index (χ2n) is 4.55. The van der Waals surface area contributed by atoms with Crippen LogP contribution in [0.3, 0.4) is 0 Å². The second kappa shape index (κ2) is 7.09. The van der Waals surface area contributed by atoms with Crippen LogP contribution in [0.25, 0.3) is 0 Å². The van der Waals surface area contributed by atoms with Crippen LogP contribution in [-0.2, 0) is 6.42 Å². The summed E-state index contributed by atoms with van der Waals surface area (Å²) in [5.74, 6) is -0.131. The molecule has 0 radical (unpaired) electrons. The first-order valence-corrected chi connectivity index (χ1v) is 6.66. The third-order valence-corrected chi connectivity index (χ3v) is 3.23. The Hall–Kier alpha value is -0.450. The van der Waals surface area contributed by atoms with E-state index < -0.39 is 0 Å². The highest BCUT2D eigenvalue weighted by molar-refractivity contribution is 9.10. The summed E-state index contributed by atoms with van der Waals surface area (Å²) < 4.78 is 14.4. The van der Waals surface area contributed by atoms with Gasteiger partial charge in [0.1, 0.15) is 5.82 Å². The number of halogens is 2. The van der Waals surface area contributed by atoms with Gasteiger partial charge < -0.3 is 10.6 Å². The lowest BCUT2D eigenvalue weighted by Crippen LogP contribution is -2.27. The van der Waals surface area contributed by atoms with Gasteiger partial charge in [0.2, 0.25) is 0 Å². The third kappa shape index (κ3) is 5.61. The van der Waals surface area contributed by atoms with Crippen molar-refractivity contribution in [1.29, 1.82) is 0 Å². The van der Waals surface area contributed by atoms with Crippen molar-refractivity contribution in [2.24, 2.45) is 5.73 Å². The molecule has 1 rings (SSSR count). The Morgan fingerprint density at radius 3 is 2.76 bits per heavy atom. The molecule has 0 aliphatic rings. The zero-order valence-electron chi connectivity index (χ0n) is 10.4. The van der Waals surface area contributed by atoms with E-state index in [2.05, 4.69) is 20.8 Å². The van der Waals surface area contributed by atoms with Crippen molar-refractivity contribution < 1.29 is 4.39 Å². The van der Waals surface area contributed by atoms with Crippen LogP contribution < -0.4 is 5.73 Å². The molecule has 1 unspecified atom stereocenters. The minimum atomic E-state index is -0.131. The van der Waals surface area contributed by atoms with Gasteiger partial charge in [-0.25, -0.2) is 4.39 Å². The fourth-order valence-electron chi connectivity index (χ4n) is 1.58. The van der Waals surface area contributed by atoms with Crippen molar-refractivity contribution in [3.8, 4) is 0 Å². The van der Waals surface area contributed by atoms with E-state index in [0.29, 0.717) is 0 Å². The molecule has 0 heterocycles. The number of likely N-dealkylation sites (N-methyl/N-ethyl adjacent to an activating group) is 1. The molecule has 0 amide bonds. The quantitative estimate of drug-likeness (QED) is 0.875. The molecule has 0 saturated heterocycles. The Morgan fingerprint density at radius 2 is 2.12 bits per heavy atom. The van der Waals surface area contributed by atoms with Crippen LogP contribution in [0.1, 0.15) is 18.9 Å². The molecule has 1 aromatic carbocycles. The Morgan fingerprint density at radius 1 is 1.41 bits per heavy atom. The molecule has 96 valence electrons. The maximum absolute atomic E-state index is 13.5. The highest BCUT2D eigenvalue weighted by Gasteiger charge is 2.05. The minimum absolute atomic E-state index is 0.131. The lowest BCUT2D eigenvalue weighted by Gasteiger charge is -2.17. The zero-order chi connectivity index (χ0) is 12.8. The number of hydrogen-bond acceptors (Lipinski definition) is 2. The van der Waals surface area contributed by atoms with Crippen LogP contribution in [0.5, 0.6) is 0 Å². The first-order chi connectivity index (χ1) is 7.99. The van der Waals surface area contributed by atoms with E-state index in [1.807, 2.05) is 20.0 Å². The monoisotopic (exact) mass is 302 g/mol. The topological polar surface area (TPSA) is 29.3 Å². The average molecular weight is 303 g/mol. The van der Waals surface area contributed by atoms with E-state index in [1.54, 1.807) is 6.07 Å². The Kier molecular flexibility index (Phi) is 6.09. The third-order valence-electron chi connectivity index (χ3n) is 2.74. The van der Waals surface area contributed by atoms with Crippen LogP contribution in [-0.4, -0.2) is 31.1 Å². The summed E-state index contributed by atoms with van der Waals surface area (Å²) in [4.78, 5) is 2.18. The number of nitrogens with two attached hydrogens (primary N) is 1. The molecule has 2 nitrogen and oxygen atoms in total. The van der Waals surface area contributed by atoms with Gasteiger partial charge in [-0.15, -0.1) is 0 Å². The molecule has 0 spiro atoms. The molecule has 0 aliphatic carbocycles. The van der Waals surface area contributed by atoms with Crippen molar-refractivity contribution in [2.75, 3.05) is 20.1 Å². The van der Waals surface area contributed by atoms with E-state index in [0.717, 1.165) is 36.0 Å². The van der Waals surface area contributed by atoms with Gasteiger partial charge in [-0.1, -0.05) is 15.9 Å². The molecule has 0 aliphatic heterocycles. The van der Waals surface area contributed by atoms with Crippen molar-refractivity contribution in [2.45, 2.75) is 25.8 Å². The molecule has 1 aromatic rings. The SMILES string of the molecule is CC(N)CCN(C)CCc1cc(Br)ccc1F. The molecular formula is C13H20BrFN2. The molecule has 0 fully saturated rings. The maximum atomic E-state index is 13.5. The Balaban J connectivity index is 2.41. The first kappa shape index (κ1) is 14.6. The number of rotatable bonds is 6. The lowest BCUT2D eigenvalue weighted by atomic mass is 10.1. The number of nitrogens with zero attached hydrogens (tertiary/aromatic N) is 1. The van der Waals surface area contributed by atoms with Gasteiger partial charge >= 0.3 is 0 Å². The van der Waals surface area contributed by atoms with Gasteiger partial charge in [0.25, 0.3) is 0 Å². The van der Waals surface area contributed by atoms with E-state index in [4.69, 9.17) is 5.73 Å². The highest BCUT2D eigenvalue weighted by atomic mass is 79.9. The maximum Gasteiger partial charge on any atom is 0.126 e. The van der Waals surface area contributed by atoms with E-state index >= 15 is 0 Å². The summed E-state index contributed by atoms with van der Waals surface area (Å²) in [5, 5.41) is 0. The number of benzene rings is 1. The largest absolute Gasteiger partial charge is 0.328 e. The van der Waals surface area contributed by atoms with E-state index in [1.165, 1.54) is 6.07 Å². The zero-order valence-corrected chi connectivity index (χ0v) is 12.0. The molecule has 4 heteroatoms. The van der Waals surface area contributed by atoms with E-state index in [-0.39, 0.29) is 11.9 Å². The molecular weight excluding hydrogens is 283 g/mol. The second-order valence-corrected chi connectivity index (χ2v) is 5.47. The van der Waals surface area contributed by atoms with Gasteiger partial charge in [0, 0.05) is 17.1 Å². The average Bonchev–Trinajstić information content (AvgIpc) is 2.27. The summed E-state index contributed by atoms with van der Waals surface area (Å²) >= 11 is 3.36. The van der Waals surface area contributed by atoms with Gasteiger partial charge in [-0.05, 0) is 57.1 Å². The standard InChI is InChI=1S/C13H20BrFN2/c1-10(16)5-7-17(2)8-6-11-9-12(14)3-4-13(11)15/h3-4,9-10H,5-8,16H2,1-2H3. The Labute approximate surface area is 111 Å². The Bertz CT molecular complexity index is 355. The van der Waals surface area contributed by atoms with Crippen molar-refractivity contribution in [3.63, 3.8) is 0 Å². The van der Waals surface area contributed by atoms with Crippen molar-refractivity contribution >= 4 is 15.9 Å². The van der Waals surface area contributed by atoms with Crippen LogP contribution in [0, 0.1) is 5.82 Å². The molecule has 2 N–H and O–H groups in total. The summed E-state index contributed by atoms with van der Waals surface area (Å²) in [6.07, 6.45) is 1.69. The predicted molar refractivity (Wildman–Crippen MR) is 73.6 cm³/mol. The van der Waals surface area contributed by atoms with Gasteiger partial charge in [-0.3, -0.25) is 0 Å². The first-order valence-electron chi connectivity index (χ1n) is 5.87. The molecule has 1 atom stereocenters. The smallest absolute Gasteiger partial charge is 0.126 e. The summed E-state index contributed by atoms with van der Waals surface area (Å²) in [6, 6.07) is 5.29. The molecule has 0 aromatic heterocycles. The van der Waals surface area contributed by atoms with E-state index in [9.17, 15) is 4.39 Å². The summed E-state index contributed by atoms with van der Waals surface area (Å²) in [5.41, 5.74) is 6.46. The highest BCUT2D eigenvalue weighted by Crippen LogP contribution is 2.16. The predicted octanol–water partition coefficient (Wildman–Crippen LogP) is 2.80. The molecule has 17 heavy (non-hydrogen) atoms. The van der Waals surface area contributed by atoms with Crippen molar-refractivity contribution in [1.82, 2.24) is 4.90 Å². The van der Waals surface area contributed by atoms with Gasteiger partial charge in [0.05, 0.1) is 0 Å². The summed E-state index contributed by atoms with van der Waals surface area (Å²) in [7, 11) is 2.04. The fraction of sp³-hybridized carbons (Fsp3) is 0.538.